The van der Waals surface area contributed by atoms with Gasteiger partial charge in [0.05, 0.1) is 6.04 Å². The van der Waals surface area contributed by atoms with Gasteiger partial charge >= 0.3 is 0 Å². The van der Waals surface area contributed by atoms with Crippen LogP contribution in [0, 0.1) is 0 Å². The van der Waals surface area contributed by atoms with Gasteiger partial charge in [0, 0.05) is 28.9 Å². The monoisotopic (exact) mass is 298 g/mol. The van der Waals surface area contributed by atoms with Gasteiger partial charge in [-0.1, -0.05) is 18.2 Å². The Kier molecular flexibility index (Phi) is 4.15. The first kappa shape index (κ1) is 14.0. The zero-order valence-electron chi connectivity index (χ0n) is 11.9. The van der Waals surface area contributed by atoms with Gasteiger partial charge < -0.3 is 10.6 Å². The second-order valence-corrected chi connectivity index (χ2v) is 6.17. The van der Waals surface area contributed by atoms with Gasteiger partial charge in [0.25, 0.3) is 5.91 Å². The van der Waals surface area contributed by atoms with Crippen LogP contribution in [-0.2, 0) is 0 Å². The quantitative estimate of drug-likeness (QED) is 0.908. The van der Waals surface area contributed by atoms with Crippen LogP contribution in [0.5, 0.6) is 0 Å². The SMILES string of the molecule is CNC(=O)c1ccc(NC2CCSc3ccccc32)cc1. The minimum Gasteiger partial charge on any atom is -0.378 e. The fourth-order valence-corrected chi connectivity index (χ4v) is 3.68. The molecule has 1 aliphatic rings. The normalized spacial score (nSPS) is 16.9. The van der Waals surface area contributed by atoms with Crippen molar-refractivity contribution in [2.45, 2.75) is 17.4 Å². The summed E-state index contributed by atoms with van der Waals surface area (Å²) in [7, 11) is 1.64. The largest absolute Gasteiger partial charge is 0.378 e. The van der Waals surface area contributed by atoms with Crippen molar-refractivity contribution < 1.29 is 4.79 Å². The highest BCUT2D eigenvalue weighted by atomic mass is 32.2. The Balaban J connectivity index is 1.77. The van der Waals surface area contributed by atoms with E-state index in [2.05, 4.69) is 34.9 Å². The lowest BCUT2D eigenvalue weighted by atomic mass is 10.0. The number of thioether (sulfide) groups is 1. The Morgan fingerprint density at radius 2 is 1.90 bits per heavy atom. The predicted molar refractivity (Wildman–Crippen MR) is 88.0 cm³/mol. The molecule has 0 fully saturated rings. The Morgan fingerprint density at radius 1 is 1.14 bits per heavy atom. The summed E-state index contributed by atoms with van der Waals surface area (Å²) in [6.07, 6.45) is 1.11. The fraction of sp³-hybridized carbons (Fsp3) is 0.235. The molecule has 4 heteroatoms. The lowest BCUT2D eigenvalue weighted by Gasteiger charge is -2.26. The van der Waals surface area contributed by atoms with Gasteiger partial charge in [-0.05, 0) is 42.3 Å². The van der Waals surface area contributed by atoms with Crippen LogP contribution in [0.2, 0.25) is 0 Å². The van der Waals surface area contributed by atoms with E-state index in [9.17, 15) is 4.79 Å². The summed E-state index contributed by atoms with van der Waals surface area (Å²) < 4.78 is 0. The molecule has 1 amide bonds. The average Bonchev–Trinajstić information content (AvgIpc) is 2.55. The Morgan fingerprint density at radius 3 is 2.67 bits per heavy atom. The summed E-state index contributed by atoms with van der Waals surface area (Å²) in [6.45, 7) is 0. The molecule has 3 nitrogen and oxygen atoms in total. The summed E-state index contributed by atoms with van der Waals surface area (Å²) >= 11 is 1.92. The van der Waals surface area contributed by atoms with Crippen molar-refractivity contribution in [3.63, 3.8) is 0 Å². The molecule has 0 bridgehead atoms. The molecule has 0 radical (unpaired) electrons. The van der Waals surface area contributed by atoms with Crippen molar-refractivity contribution in [1.82, 2.24) is 5.32 Å². The smallest absolute Gasteiger partial charge is 0.251 e. The van der Waals surface area contributed by atoms with Gasteiger partial charge in [-0.25, -0.2) is 0 Å². The molecule has 1 aliphatic heterocycles. The van der Waals surface area contributed by atoms with E-state index in [0.717, 1.165) is 17.9 Å². The number of fused-ring (bicyclic) bond motifs is 1. The molecule has 108 valence electrons. The van der Waals surface area contributed by atoms with Gasteiger partial charge in [0.1, 0.15) is 0 Å². The first-order valence-electron chi connectivity index (χ1n) is 7.08. The van der Waals surface area contributed by atoms with Crippen molar-refractivity contribution in [3.05, 3.63) is 59.7 Å². The number of nitrogens with one attached hydrogen (secondary N) is 2. The van der Waals surface area contributed by atoms with Gasteiger partial charge in [0.2, 0.25) is 0 Å². The predicted octanol–water partition coefficient (Wildman–Crippen LogP) is 3.70. The van der Waals surface area contributed by atoms with E-state index in [-0.39, 0.29) is 5.91 Å². The van der Waals surface area contributed by atoms with Crippen molar-refractivity contribution in [2.75, 3.05) is 18.1 Å². The molecule has 1 unspecified atom stereocenters. The molecule has 1 atom stereocenters. The third-order valence-electron chi connectivity index (χ3n) is 3.67. The molecule has 2 N–H and O–H groups in total. The summed E-state index contributed by atoms with van der Waals surface area (Å²) in [5, 5.41) is 6.21. The number of carbonyl (C=O) groups excluding carboxylic acids is 1. The number of carbonyl (C=O) groups is 1. The molecule has 3 rings (SSSR count). The maximum absolute atomic E-state index is 11.5. The Hall–Kier alpha value is -1.94. The van der Waals surface area contributed by atoms with Gasteiger partial charge in [0.15, 0.2) is 0 Å². The average molecular weight is 298 g/mol. The molecule has 21 heavy (non-hydrogen) atoms. The van der Waals surface area contributed by atoms with Gasteiger partial charge in [-0.3, -0.25) is 4.79 Å². The number of hydrogen-bond acceptors (Lipinski definition) is 3. The number of benzene rings is 2. The van der Waals surface area contributed by atoms with Crippen LogP contribution in [0.3, 0.4) is 0 Å². The van der Waals surface area contributed by atoms with E-state index >= 15 is 0 Å². The third-order valence-corrected chi connectivity index (χ3v) is 4.80. The summed E-state index contributed by atoms with van der Waals surface area (Å²) in [5.41, 5.74) is 3.10. The van der Waals surface area contributed by atoms with E-state index in [4.69, 9.17) is 0 Å². The van der Waals surface area contributed by atoms with Crippen LogP contribution in [0.15, 0.2) is 53.4 Å². The summed E-state index contributed by atoms with van der Waals surface area (Å²) in [5.74, 6) is 1.08. The summed E-state index contributed by atoms with van der Waals surface area (Å²) in [4.78, 5) is 12.9. The highest BCUT2D eigenvalue weighted by molar-refractivity contribution is 7.99. The molecular weight excluding hydrogens is 280 g/mol. The number of amides is 1. The maximum atomic E-state index is 11.5. The third kappa shape index (κ3) is 3.05. The number of rotatable bonds is 3. The molecule has 0 aliphatic carbocycles. The van der Waals surface area contributed by atoms with Crippen molar-refractivity contribution in [3.8, 4) is 0 Å². The first-order valence-corrected chi connectivity index (χ1v) is 8.07. The minimum atomic E-state index is -0.0547. The highest BCUT2D eigenvalue weighted by Crippen LogP contribution is 2.37. The number of hydrogen-bond donors (Lipinski definition) is 2. The first-order chi connectivity index (χ1) is 10.3. The maximum Gasteiger partial charge on any atom is 0.251 e. The van der Waals surface area contributed by atoms with Crippen LogP contribution >= 0.6 is 11.8 Å². The molecule has 0 aromatic heterocycles. The van der Waals surface area contributed by atoms with Gasteiger partial charge in [-0.15, -0.1) is 11.8 Å². The fourth-order valence-electron chi connectivity index (χ4n) is 2.56. The molecule has 0 saturated carbocycles. The molecule has 0 spiro atoms. The lowest BCUT2D eigenvalue weighted by Crippen LogP contribution is -2.18. The van der Waals surface area contributed by atoms with E-state index in [1.165, 1.54) is 10.5 Å². The lowest BCUT2D eigenvalue weighted by molar-refractivity contribution is 0.0963. The molecule has 0 saturated heterocycles. The van der Waals surface area contributed by atoms with E-state index < -0.39 is 0 Å². The second kappa shape index (κ2) is 6.22. The van der Waals surface area contributed by atoms with Crippen molar-refractivity contribution in [1.29, 1.82) is 0 Å². The van der Waals surface area contributed by atoms with Crippen molar-refractivity contribution >= 4 is 23.4 Å². The van der Waals surface area contributed by atoms with Crippen LogP contribution in [-0.4, -0.2) is 18.7 Å². The molecule has 1 heterocycles. The molecule has 2 aromatic carbocycles. The van der Waals surface area contributed by atoms with Gasteiger partial charge in [-0.2, -0.15) is 0 Å². The van der Waals surface area contributed by atoms with E-state index in [0.29, 0.717) is 11.6 Å². The second-order valence-electron chi connectivity index (χ2n) is 5.03. The van der Waals surface area contributed by atoms with Crippen molar-refractivity contribution in [2.24, 2.45) is 0 Å². The molecular formula is C17H18N2OS. The zero-order chi connectivity index (χ0) is 14.7. The number of anilines is 1. The van der Waals surface area contributed by atoms with Crippen LogP contribution in [0.1, 0.15) is 28.4 Å². The van der Waals surface area contributed by atoms with E-state index in [1.54, 1.807) is 7.05 Å². The molecule has 2 aromatic rings. The minimum absolute atomic E-state index is 0.0547. The van der Waals surface area contributed by atoms with E-state index in [1.807, 2.05) is 36.0 Å². The van der Waals surface area contributed by atoms with Crippen LogP contribution in [0.25, 0.3) is 0 Å². The van der Waals surface area contributed by atoms with Crippen LogP contribution in [0.4, 0.5) is 5.69 Å². The standard InChI is InChI=1S/C17H18N2OS/c1-18-17(20)12-6-8-13(9-7-12)19-15-10-11-21-16-5-3-2-4-14(15)16/h2-9,15,19H,10-11H2,1H3,(H,18,20). The Labute approximate surface area is 129 Å². The zero-order valence-corrected chi connectivity index (χ0v) is 12.7. The Bertz CT molecular complexity index is 639. The highest BCUT2D eigenvalue weighted by Gasteiger charge is 2.19. The van der Waals surface area contributed by atoms with Crippen LogP contribution < -0.4 is 10.6 Å². The topological polar surface area (TPSA) is 41.1 Å². The summed E-state index contributed by atoms with van der Waals surface area (Å²) in [6, 6.07) is 16.5.